The number of amides is 1. The molecular formula is C21H18F4N6O2. The van der Waals surface area contributed by atoms with Gasteiger partial charge in [0.2, 0.25) is 5.91 Å². The number of halogens is 4. The lowest BCUT2D eigenvalue weighted by molar-refractivity contribution is -0.149. The van der Waals surface area contributed by atoms with Gasteiger partial charge in [0.15, 0.2) is 5.82 Å². The van der Waals surface area contributed by atoms with Gasteiger partial charge in [0.05, 0.1) is 24.3 Å². The van der Waals surface area contributed by atoms with Crippen LogP contribution in [0.1, 0.15) is 16.8 Å². The molecule has 1 amide bonds. The molecule has 1 fully saturated rings. The van der Waals surface area contributed by atoms with Crippen LogP contribution >= 0.6 is 0 Å². The summed E-state index contributed by atoms with van der Waals surface area (Å²) in [5.74, 6) is -0.426. The zero-order valence-electron chi connectivity index (χ0n) is 17.1. The van der Waals surface area contributed by atoms with Gasteiger partial charge in [-0.25, -0.2) is 14.1 Å². The molecule has 1 saturated heterocycles. The first-order valence-electron chi connectivity index (χ1n) is 9.78. The molecule has 4 rings (SSSR count). The molecule has 0 saturated carbocycles. The predicted molar refractivity (Wildman–Crippen MR) is 108 cm³/mol. The van der Waals surface area contributed by atoms with E-state index >= 15 is 0 Å². The van der Waals surface area contributed by atoms with E-state index in [4.69, 9.17) is 0 Å². The van der Waals surface area contributed by atoms with Crippen molar-refractivity contribution >= 4 is 12.1 Å². The Bertz CT molecular complexity index is 1170. The Morgan fingerprint density at radius 1 is 1.18 bits per heavy atom. The van der Waals surface area contributed by atoms with Crippen molar-refractivity contribution in [1.29, 1.82) is 0 Å². The molecule has 1 aromatic carbocycles. The van der Waals surface area contributed by atoms with Gasteiger partial charge in [-0.15, -0.1) is 5.10 Å². The summed E-state index contributed by atoms with van der Waals surface area (Å²) < 4.78 is 53.3. The molecule has 2 aromatic heterocycles. The van der Waals surface area contributed by atoms with Gasteiger partial charge in [-0.3, -0.25) is 14.8 Å². The lowest BCUT2D eigenvalue weighted by Gasteiger charge is -2.45. The molecule has 3 aromatic rings. The molecule has 1 aliphatic rings. The van der Waals surface area contributed by atoms with Gasteiger partial charge < -0.3 is 10.0 Å². The fourth-order valence-electron chi connectivity index (χ4n) is 3.48. The molecule has 0 radical (unpaired) electrons. The third-order valence-corrected chi connectivity index (χ3v) is 5.02. The van der Waals surface area contributed by atoms with Crippen LogP contribution in [-0.2, 0) is 24.1 Å². The number of rotatable bonds is 6. The van der Waals surface area contributed by atoms with Gasteiger partial charge in [0.25, 0.3) is 0 Å². The third-order valence-electron chi connectivity index (χ3n) is 5.02. The van der Waals surface area contributed by atoms with Crippen molar-refractivity contribution in [2.75, 3.05) is 13.1 Å². The summed E-state index contributed by atoms with van der Waals surface area (Å²) in [6, 6.07) is 2.81. The maximum absolute atomic E-state index is 13.1. The number of benzene rings is 1. The van der Waals surface area contributed by atoms with E-state index in [2.05, 4.69) is 20.1 Å². The predicted octanol–water partition coefficient (Wildman–Crippen LogP) is 2.51. The first-order valence-corrected chi connectivity index (χ1v) is 9.78. The second kappa shape index (κ2) is 8.70. The van der Waals surface area contributed by atoms with Crippen LogP contribution in [0.2, 0.25) is 0 Å². The van der Waals surface area contributed by atoms with Gasteiger partial charge in [-0.1, -0.05) is 0 Å². The summed E-state index contributed by atoms with van der Waals surface area (Å²) in [5.41, 5.74) is -1.61. The monoisotopic (exact) mass is 462 g/mol. The molecule has 1 aliphatic heterocycles. The Kier molecular flexibility index (Phi) is 5.93. The summed E-state index contributed by atoms with van der Waals surface area (Å²) in [4.78, 5) is 25.7. The van der Waals surface area contributed by atoms with Crippen LogP contribution < -0.4 is 0 Å². The van der Waals surface area contributed by atoms with Crippen molar-refractivity contribution in [1.82, 2.24) is 29.6 Å². The molecule has 12 heteroatoms. The van der Waals surface area contributed by atoms with E-state index in [1.54, 1.807) is 6.20 Å². The Morgan fingerprint density at radius 3 is 2.64 bits per heavy atom. The van der Waals surface area contributed by atoms with Crippen molar-refractivity contribution < 1.29 is 27.5 Å². The number of likely N-dealkylation sites (tertiary alicyclic amines) is 1. The highest BCUT2D eigenvalue weighted by Gasteiger charge is 2.43. The molecule has 0 spiro atoms. The number of carbonyl (C=O) groups excluding carboxylic acids is 1. The van der Waals surface area contributed by atoms with E-state index in [9.17, 15) is 27.5 Å². The molecule has 8 nitrogen and oxygen atoms in total. The minimum atomic E-state index is -4.64. The second-order valence-corrected chi connectivity index (χ2v) is 7.71. The van der Waals surface area contributed by atoms with Crippen LogP contribution in [-0.4, -0.2) is 59.3 Å². The van der Waals surface area contributed by atoms with E-state index < -0.39 is 24.0 Å². The van der Waals surface area contributed by atoms with Crippen LogP contribution in [0.15, 0.2) is 49.2 Å². The Balaban J connectivity index is 1.40. The van der Waals surface area contributed by atoms with Crippen LogP contribution in [0.4, 0.5) is 17.6 Å². The van der Waals surface area contributed by atoms with E-state index in [1.807, 2.05) is 0 Å². The largest absolute Gasteiger partial charge is 0.416 e. The van der Waals surface area contributed by atoms with Crippen molar-refractivity contribution in [3.05, 3.63) is 66.0 Å². The summed E-state index contributed by atoms with van der Waals surface area (Å²) in [6.45, 7) is -0.831. The molecule has 33 heavy (non-hydrogen) atoms. The topological polar surface area (TPSA) is 97.0 Å². The summed E-state index contributed by atoms with van der Waals surface area (Å²) in [7, 11) is 0. The average Bonchev–Trinajstić information content (AvgIpc) is 3.24. The zero-order chi connectivity index (χ0) is 23.6. The summed E-state index contributed by atoms with van der Waals surface area (Å²) in [6.07, 6.45) is 3.94. The number of alkyl halides is 4. The number of β-amino-alcohol motifs (C(OH)–C–C–N with tert-alkyl or cyclic N) is 1. The Hall–Kier alpha value is -3.67. The molecule has 0 atom stereocenters. The normalized spacial score (nSPS) is 15.6. The number of hydrogen-bond acceptors (Lipinski definition) is 6. The van der Waals surface area contributed by atoms with Crippen LogP contribution in [0, 0.1) is 0 Å². The number of aliphatic hydroxyl groups is 1. The van der Waals surface area contributed by atoms with Crippen molar-refractivity contribution in [2.24, 2.45) is 0 Å². The molecule has 0 aliphatic carbocycles. The van der Waals surface area contributed by atoms with Crippen LogP contribution in [0.5, 0.6) is 0 Å². The molecule has 3 heterocycles. The van der Waals surface area contributed by atoms with Gasteiger partial charge in [0, 0.05) is 42.9 Å². The molecule has 1 N–H and O–H groups in total. The standard InChI is InChI=1S/C21H18F4N6O2/c22-9-14-5-15(7-16(6-14)21(23,24)25)19-28-13-31(29-19)4-1-18(32)30-11-20(33,12-30)8-17-10-26-2-3-27-17/h1-7,10,13,33H,8-9,11-12H2/b4-1-. The number of aromatic nitrogens is 5. The van der Waals surface area contributed by atoms with E-state index in [0.717, 1.165) is 16.8 Å². The van der Waals surface area contributed by atoms with Crippen molar-refractivity contribution in [2.45, 2.75) is 24.9 Å². The molecule has 172 valence electrons. The lowest BCUT2D eigenvalue weighted by atomic mass is 9.89. The first kappa shape index (κ1) is 22.5. The average molecular weight is 462 g/mol. The van der Waals surface area contributed by atoms with Gasteiger partial charge in [0.1, 0.15) is 18.6 Å². The van der Waals surface area contributed by atoms with E-state index in [1.165, 1.54) is 42.0 Å². The van der Waals surface area contributed by atoms with Crippen molar-refractivity contribution in [3.63, 3.8) is 0 Å². The minimum Gasteiger partial charge on any atom is -0.386 e. The number of hydrogen-bond donors (Lipinski definition) is 1. The Morgan fingerprint density at radius 2 is 1.97 bits per heavy atom. The highest BCUT2D eigenvalue weighted by Crippen LogP contribution is 2.33. The molecule has 0 bridgehead atoms. The highest BCUT2D eigenvalue weighted by atomic mass is 19.4. The fourth-order valence-corrected chi connectivity index (χ4v) is 3.48. The van der Waals surface area contributed by atoms with Crippen molar-refractivity contribution in [3.8, 4) is 11.4 Å². The van der Waals surface area contributed by atoms with Gasteiger partial charge in [-0.05, 0) is 23.8 Å². The highest BCUT2D eigenvalue weighted by molar-refractivity contribution is 5.91. The fraction of sp³-hybridized carbons (Fsp3) is 0.286. The quantitative estimate of drug-likeness (QED) is 0.447. The number of nitrogens with zero attached hydrogens (tertiary/aromatic N) is 6. The van der Waals surface area contributed by atoms with Gasteiger partial charge in [-0.2, -0.15) is 13.2 Å². The van der Waals surface area contributed by atoms with E-state index in [0.29, 0.717) is 5.69 Å². The van der Waals surface area contributed by atoms with Crippen LogP contribution in [0.25, 0.3) is 17.6 Å². The maximum atomic E-state index is 13.1. The Labute approximate surface area is 185 Å². The smallest absolute Gasteiger partial charge is 0.386 e. The third kappa shape index (κ3) is 5.22. The first-order chi connectivity index (χ1) is 15.6. The molecule has 0 unspecified atom stereocenters. The summed E-state index contributed by atoms with van der Waals surface area (Å²) in [5, 5.41) is 14.5. The van der Waals surface area contributed by atoms with Crippen LogP contribution in [0.3, 0.4) is 0 Å². The summed E-state index contributed by atoms with van der Waals surface area (Å²) >= 11 is 0. The van der Waals surface area contributed by atoms with E-state index in [-0.39, 0.29) is 42.4 Å². The SMILES string of the molecule is O=C(/C=C\n1cnc(-c2cc(CF)cc(C(F)(F)F)c2)n1)N1CC(O)(Cc2cnccn2)C1. The maximum Gasteiger partial charge on any atom is 0.416 e. The molecular weight excluding hydrogens is 444 g/mol. The minimum absolute atomic E-state index is 0.00719. The lowest BCUT2D eigenvalue weighted by Crippen LogP contribution is -2.64. The van der Waals surface area contributed by atoms with Gasteiger partial charge >= 0.3 is 6.18 Å². The number of carbonyl (C=O) groups is 1. The zero-order valence-corrected chi connectivity index (χ0v) is 17.1. The second-order valence-electron chi connectivity index (χ2n) is 7.71.